The van der Waals surface area contributed by atoms with Crippen molar-refractivity contribution in [1.29, 1.82) is 0 Å². The highest BCUT2D eigenvalue weighted by Crippen LogP contribution is 2.16. The zero-order valence-electron chi connectivity index (χ0n) is 9.59. The van der Waals surface area contributed by atoms with Gasteiger partial charge in [0.1, 0.15) is 10.7 Å². The molecule has 1 aromatic rings. The summed E-state index contributed by atoms with van der Waals surface area (Å²) < 4.78 is 38.8. The topological polar surface area (TPSA) is 127 Å². The number of carboxylic acids is 1. The van der Waals surface area contributed by atoms with Gasteiger partial charge in [0.05, 0.1) is 5.56 Å². The van der Waals surface area contributed by atoms with Gasteiger partial charge in [0.15, 0.2) is 0 Å². The molecule has 0 aromatic heterocycles. The van der Waals surface area contributed by atoms with Gasteiger partial charge in [-0.25, -0.2) is 22.3 Å². The van der Waals surface area contributed by atoms with Gasteiger partial charge in [-0.1, -0.05) is 0 Å². The van der Waals surface area contributed by atoms with E-state index >= 15 is 0 Å². The maximum absolute atomic E-state index is 13.4. The molecule has 0 aliphatic carbocycles. The lowest BCUT2D eigenvalue weighted by Crippen LogP contribution is -2.28. The Hall–Kier alpha value is -2.00. The summed E-state index contributed by atoms with van der Waals surface area (Å²) in [7, 11) is -4.24. The summed E-state index contributed by atoms with van der Waals surface area (Å²) in [4.78, 5) is 20.4. The third-order valence-electron chi connectivity index (χ3n) is 2.13. The monoisotopic (exact) mass is 290 g/mol. The molecule has 0 bridgehead atoms. The number of aromatic carboxylic acids is 1. The molecule has 0 radical (unpaired) electrons. The zero-order valence-corrected chi connectivity index (χ0v) is 10.4. The summed E-state index contributed by atoms with van der Waals surface area (Å²) in [6.07, 6.45) is -0.251. The van der Waals surface area contributed by atoms with Crippen LogP contribution in [0.3, 0.4) is 0 Å². The van der Waals surface area contributed by atoms with Crippen LogP contribution in [0.4, 0.5) is 4.39 Å². The van der Waals surface area contributed by atoms with E-state index in [0.29, 0.717) is 6.07 Å². The number of halogens is 1. The molecular weight excluding hydrogens is 279 g/mol. The molecule has 0 saturated heterocycles. The number of carbonyl (C=O) groups excluding carboxylic acids is 1. The Balaban J connectivity index is 3.03. The Morgan fingerprint density at radius 1 is 1.37 bits per heavy atom. The molecule has 19 heavy (non-hydrogen) atoms. The Morgan fingerprint density at radius 2 is 2.00 bits per heavy atom. The minimum absolute atomic E-state index is 0.251. The fraction of sp³-hybridized carbons (Fsp3) is 0.200. The number of rotatable bonds is 6. The van der Waals surface area contributed by atoms with Crippen LogP contribution in [0.5, 0.6) is 0 Å². The first-order valence-corrected chi connectivity index (χ1v) is 6.53. The highest BCUT2D eigenvalue weighted by Gasteiger charge is 2.20. The third kappa shape index (κ3) is 4.00. The van der Waals surface area contributed by atoms with Crippen LogP contribution in [0, 0.1) is 5.82 Å². The van der Waals surface area contributed by atoms with Crippen LogP contribution < -0.4 is 10.5 Å². The zero-order chi connectivity index (χ0) is 14.6. The molecule has 0 aliphatic heterocycles. The van der Waals surface area contributed by atoms with E-state index in [4.69, 9.17) is 10.8 Å². The predicted molar refractivity (Wildman–Crippen MR) is 62.4 cm³/mol. The second-order valence-corrected chi connectivity index (χ2v) is 5.30. The molecule has 1 rings (SSSR count). The number of nitrogens with two attached hydrogens (primary N) is 1. The lowest BCUT2D eigenvalue weighted by Gasteiger charge is -2.07. The van der Waals surface area contributed by atoms with Crippen LogP contribution in [-0.4, -0.2) is 31.9 Å². The molecule has 1 aromatic carbocycles. The second-order valence-electron chi connectivity index (χ2n) is 3.56. The first kappa shape index (κ1) is 15.1. The number of carboxylic acid groups (broad SMARTS) is 1. The number of sulfonamides is 1. The van der Waals surface area contributed by atoms with Gasteiger partial charge < -0.3 is 10.8 Å². The van der Waals surface area contributed by atoms with Crippen molar-refractivity contribution in [3.05, 3.63) is 29.6 Å². The van der Waals surface area contributed by atoms with Gasteiger partial charge in [-0.3, -0.25) is 4.79 Å². The van der Waals surface area contributed by atoms with Gasteiger partial charge in [0.2, 0.25) is 15.9 Å². The number of amides is 1. The first-order valence-electron chi connectivity index (χ1n) is 5.05. The maximum Gasteiger partial charge on any atom is 0.335 e. The first-order chi connectivity index (χ1) is 8.74. The van der Waals surface area contributed by atoms with Crippen molar-refractivity contribution in [3.63, 3.8) is 0 Å². The number of primary amides is 1. The fourth-order valence-corrected chi connectivity index (χ4v) is 2.36. The van der Waals surface area contributed by atoms with Crippen LogP contribution in [-0.2, 0) is 14.8 Å². The standard InChI is InChI=1S/C10H11FN2O5S/c11-7-2-1-6(10(15)16)5-8(7)19(17,18)13-4-3-9(12)14/h1-2,5,13H,3-4H2,(H2,12,14)(H,15,16). The summed E-state index contributed by atoms with van der Waals surface area (Å²) in [5, 5.41) is 8.72. The van der Waals surface area contributed by atoms with Gasteiger partial charge in [-0.05, 0) is 18.2 Å². The molecule has 4 N–H and O–H groups in total. The van der Waals surface area contributed by atoms with Crippen molar-refractivity contribution < 1.29 is 27.5 Å². The number of hydrogen-bond acceptors (Lipinski definition) is 4. The molecule has 104 valence electrons. The number of benzene rings is 1. The quantitative estimate of drug-likeness (QED) is 0.661. The molecule has 0 atom stereocenters. The van der Waals surface area contributed by atoms with Crippen molar-refractivity contribution in [2.45, 2.75) is 11.3 Å². The Bertz CT molecular complexity index is 614. The van der Waals surface area contributed by atoms with Crippen LogP contribution in [0.15, 0.2) is 23.1 Å². The number of nitrogens with one attached hydrogen (secondary N) is 1. The molecule has 0 spiro atoms. The molecule has 7 nitrogen and oxygen atoms in total. The van der Waals surface area contributed by atoms with Crippen LogP contribution >= 0.6 is 0 Å². The van der Waals surface area contributed by atoms with Crippen molar-refractivity contribution in [2.24, 2.45) is 5.73 Å². The van der Waals surface area contributed by atoms with Crippen LogP contribution in [0.2, 0.25) is 0 Å². The summed E-state index contributed by atoms with van der Waals surface area (Å²) in [5.41, 5.74) is 4.46. The van der Waals surface area contributed by atoms with Gasteiger partial charge in [-0.15, -0.1) is 0 Å². The largest absolute Gasteiger partial charge is 0.478 e. The Kier molecular flexibility index (Phi) is 4.57. The molecule has 9 heteroatoms. The third-order valence-corrected chi connectivity index (χ3v) is 3.61. The molecule has 0 heterocycles. The van der Waals surface area contributed by atoms with E-state index < -0.39 is 32.6 Å². The molecular formula is C10H11FN2O5S. The summed E-state index contributed by atoms with van der Waals surface area (Å²) in [5.74, 6) is -3.19. The van der Waals surface area contributed by atoms with Gasteiger partial charge >= 0.3 is 5.97 Å². The second kappa shape index (κ2) is 5.76. The average Bonchev–Trinajstić information content (AvgIpc) is 2.28. The smallest absolute Gasteiger partial charge is 0.335 e. The summed E-state index contributed by atoms with van der Waals surface area (Å²) in [6, 6.07) is 2.39. The van der Waals surface area contributed by atoms with E-state index in [2.05, 4.69) is 0 Å². The van der Waals surface area contributed by atoms with Gasteiger partial charge in [0.25, 0.3) is 0 Å². The Labute approximate surface area is 108 Å². The van der Waals surface area contributed by atoms with Gasteiger partial charge in [0, 0.05) is 13.0 Å². The summed E-state index contributed by atoms with van der Waals surface area (Å²) >= 11 is 0. The normalized spacial score (nSPS) is 11.2. The van der Waals surface area contributed by atoms with E-state index in [1.54, 1.807) is 0 Å². The SMILES string of the molecule is NC(=O)CCNS(=O)(=O)c1cc(C(=O)O)ccc1F. The fourth-order valence-electron chi connectivity index (χ4n) is 1.23. The molecule has 0 unspecified atom stereocenters. The number of hydrogen-bond donors (Lipinski definition) is 3. The molecule has 1 amide bonds. The van der Waals surface area contributed by atoms with E-state index in [1.165, 1.54) is 0 Å². The molecule has 0 aliphatic rings. The minimum atomic E-state index is -4.24. The Morgan fingerprint density at radius 3 is 2.53 bits per heavy atom. The predicted octanol–water partition coefficient (Wildman–Crippen LogP) is -0.322. The van der Waals surface area contributed by atoms with Crippen molar-refractivity contribution in [1.82, 2.24) is 4.72 Å². The number of carbonyl (C=O) groups is 2. The van der Waals surface area contributed by atoms with Gasteiger partial charge in [-0.2, -0.15) is 0 Å². The maximum atomic E-state index is 13.4. The van der Waals surface area contributed by atoms with E-state index in [1.807, 2.05) is 4.72 Å². The lowest BCUT2D eigenvalue weighted by molar-refractivity contribution is -0.117. The van der Waals surface area contributed by atoms with Crippen molar-refractivity contribution in [3.8, 4) is 0 Å². The van der Waals surface area contributed by atoms with Crippen LogP contribution in [0.25, 0.3) is 0 Å². The molecule has 0 fully saturated rings. The van der Waals surface area contributed by atoms with E-state index in [-0.39, 0.29) is 18.5 Å². The average molecular weight is 290 g/mol. The molecule has 0 saturated carbocycles. The van der Waals surface area contributed by atoms with E-state index in [9.17, 15) is 22.4 Å². The minimum Gasteiger partial charge on any atom is -0.478 e. The highest BCUT2D eigenvalue weighted by molar-refractivity contribution is 7.89. The lowest BCUT2D eigenvalue weighted by atomic mass is 10.2. The highest BCUT2D eigenvalue weighted by atomic mass is 32.2. The van der Waals surface area contributed by atoms with Crippen molar-refractivity contribution >= 4 is 21.9 Å². The van der Waals surface area contributed by atoms with Crippen LogP contribution in [0.1, 0.15) is 16.8 Å². The summed E-state index contributed by atoms with van der Waals surface area (Å²) in [6.45, 7) is -0.297. The van der Waals surface area contributed by atoms with E-state index in [0.717, 1.165) is 12.1 Å². The van der Waals surface area contributed by atoms with Crippen molar-refractivity contribution in [2.75, 3.05) is 6.54 Å².